The molecule has 0 atom stereocenters. The second-order valence-corrected chi connectivity index (χ2v) is 6.80. The number of halogens is 1. The molecule has 0 spiro atoms. The molecular weight excluding hydrogens is 332 g/mol. The van der Waals surface area contributed by atoms with Gasteiger partial charge in [-0.1, -0.05) is 23.7 Å². The third kappa shape index (κ3) is 4.92. The quantitative estimate of drug-likeness (QED) is 0.745. The van der Waals surface area contributed by atoms with Crippen LogP contribution in [0.2, 0.25) is 4.34 Å². The average Bonchev–Trinajstić information content (AvgIpc) is 2.99. The number of rotatable bonds is 6. The molecule has 0 aliphatic rings. The van der Waals surface area contributed by atoms with Gasteiger partial charge in [-0.2, -0.15) is 5.26 Å². The summed E-state index contributed by atoms with van der Waals surface area (Å²) in [6.07, 6.45) is 0.342. The summed E-state index contributed by atoms with van der Waals surface area (Å²) >= 11 is 7.03. The molecule has 2 rings (SSSR count). The van der Waals surface area contributed by atoms with Crippen LogP contribution in [0, 0.1) is 11.3 Å². The lowest BCUT2D eigenvalue weighted by molar-refractivity contribution is -0.130. The number of thiophene rings is 1. The zero-order valence-corrected chi connectivity index (χ0v) is 14.2. The van der Waals surface area contributed by atoms with E-state index in [1.165, 1.54) is 11.3 Å². The molecule has 0 fully saturated rings. The third-order valence-corrected chi connectivity index (χ3v) is 4.61. The molecule has 0 radical (unpaired) electrons. The Bertz CT molecular complexity index is 747. The Hall–Kier alpha value is -2.16. The molecule has 0 saturated heterocycles. The molecule has 0 saturated carbocycles. The number of nitrogens with zero attached hydrogens (tertiary/aromatic N) is 2. The number of ketones is 1. The van der Waals surface area contributed by atoms with E-state index in [1.807, 2.05) is 12.1 Å². The molecule has 0 aliphatic heterocycles. The van der Waals surface area contributed by atoms with Gasteiger partial charge in [0.1, 0.15) is 0 Å². The highest BCUT2D eigenvalue weighted by Crippen LogP contribution is 2.23. The normalized spacial score (nSPS) is 10.1. The molecule has 6 heteroatoms. The van der Waals surface area contributed by atoms with E-state index in [-0.39, 0.29) is 24.5 Å². The van der Waals surface area contributed by atoms with Crippen LogP contribution in [0.3, 0.4) is 0 Å². The lowest BCUT2D eigenvalue weighted by Gasteiger charge is -2.17. The van der Waals surface area contributed by atoms with Gasteiger partial charge in [-0.05, 0) is 29.8 Å². The van der Waals surface area contributed by atoms with Gasteiger partial charge in [0.15, 0.2) is 5.78 Å². The number of nitriles is 1. The largest absolute Gasteiger partial charge is 0.341 e. The highest BCUT2D eigenvalue weighted by Gasteiger charge is 2.14. The van der Waals surface area contributed by atoms with Gasteiger partial charge < -0.3 is 4.90 Å². The van der Waals surface area contributed by atoms with E-state index in [4.69, 9.17) is 16.9 Å². The maximum absolute atomic E-state index is 12.1. The van der Waals surface area contributed by atoms with Crippen LogP contribution >= 0.6 is 22.9 Å². The Morgan fingerprint density at radius 3 is 2.43 bits per heavy atom. The second-order valence-electron chi connectivity index (χ2n) is 5.09. The summed E-state index contributed by atoms with van der Waals surface area (Å²) in [5.74, 6) is -0.160. The monoisotopic (exact) mass is 346 g/mol. The smallest absolute Gasteiger partial charge is 0.223 e. The molecule has 2 aromatic rings. The van der Waals surface area contributed by atoms with Gasteiger partial charge in [-0.25, -0.2) is 0 Å². The van der Waals surface area contributed by atoms with Gasteiger partial charge in [0.25, 0.3) is 0 Å². The fraction of sp³-hybridized carbons (Fsp3) is 0.235. The van der Waals surface area contributed by atoms with E-state index in [9.17, 15) is 9.59 Å². The van der Waals surface area contributed by atoms with Gasteiger partial charge >= 0.3 is 0 Å². The lowest BCUT2D eigenvalue weighted by atomic mass is 10.1. The molecule has 1 aromatic carbocycles. The molecule has 0 bridgehead atoms. The van der Waals surface area contributed by atoms with Crippen molar-refractivity contribution in [3.8, 4) is 6.07 Å². The minimum absolute atomic E-state index is 0.0676. The average molecular weight is 347 g/mol. The minimum atomic E-state index is -0.0923. The van der Waals surface area contributed by atoms with Crippen molar-refractivity contribution in [3.05, 3.63) is 56.7 Å². The van der Waals surface area contributed by atoms with Crippen molar-refractivity contribution in [2.45, 2.75) is 19.4 Å². The fourth-order valence-electron chi connectivity index (χ4n) is 2.05. The first kappa shape index (κ1) is 17.2. The molecular formula is C17H15ClN2O2S. The predicted molar refractivity (Wildman–Crippen MR) is 90.5 cm³/mol. The van der Waals surface area contributed by atoms with Gasteiger partial charge in [-0.3, -0.25) is 9.59 Å². The Balaban J connectivity index is 1.84. The molecule has 4 nitrogen and oxygen atoms in total. The van der Waals surface area contributed by atoms with Crippen LogP contribution in [0.5, 0.6) is 0 Å². The molecule has 1 amide bonds. The van der Waals surface area contributed by atoms with Crippen molar-refractivity contribution in [2.24, 2.45) is 0 Å². The van der Waals surface area contributed by atoms with Crippen LogP contribution in [0.4, 0.5) is 0 Å². The van der Waals surface area contributed by atoms with Crippen molar-refractivity contribution in [2.75, 3.05) is 7.05 Å². The van der Waals surface area contributed by atoms with Crippen molar-refractivity contribution >= 4 is 34.6 Å². The molecule has 0 N–H and O–H groups in total. The summed E-state index contributed by atoms with van der Waals surface area (Å²) in [6, 6.07) is 12.5. The summed E-state index contributed by atoms with van der Waals surface area (Å²) in [5, 5.41) is 8.76. The number of hydrogen-bond acceptors (Lipinski definition) is 4. The molecule has 0 unspecified atom stereocenters. The van der Waals surface area contributed by atoms with Gasteiger partial charge in [0.2, 0.25) is 5.91 Å². The predicted octanol–water partition coefficient (Wildman–Crippen LogP) is 3.89. The van der Waals surface area contributed by atoms with Crippen LogP contribution in [-0.2, 0) is 11.3 Å². The van der Waals surface area contributed by atoms with Gasteiger partial charge in [0.05, 0.1) is 20.8 Å². The first-order chi connectivity index (χ1) is 11.0. The topological polar surface area (TPSA) is 61.2 Å². The van der Waals surface area contributed by atoms with Crippen LogP contribution in [-0.4, -0.2) is 23.6 Å². The van der Waals surface area contributed by atoms with Crippen LogP contribution in [0.1, 0.15) is 33.6 Å². The third-order valence-electron chi connectivity index (χ3n) is 3.34. The maximum atomic E-state index is 12.1. The highest BCUT2D eigenvalue weighted by molar-refractivity contribution is 7.18. The fourth-order valence-corrected chi connectivity index (χ4v) is 3.06. The van der Waals surface area contributed by atoms with Gasteiger partial charge in [-0.15, -0.1) is 11.3 Å². The number of benzene rings is 1. The summed E-state index contributed by atoms with van der Waals surface area (Å²) in [5.41, 5.74) is 1.53. The summed E-state index contributed by atoms with van der Waals surface area (Å²) in [4.78, 5) is 26.2. The molecule has 118 valence electrons. The van der Waals surface area contributed by atoms with Crippen molar-refractivity contribution < 1.29 is 9.59 Å². The van der Waals surface area contributed by atoms with E-state index in [1.54, 1.807) is 36.2 Å². The van der Waals surface area contributed by atoms with Crippen LogP contribution in [0.15, 0.2) is 36.4 Å². The van der Waals surface area contributed by atoms with E-state index in [2.05, 4.69) is 6.07 Å². The molecule has 1 aromatic heterocycles. The van der Waals surface area contributed by atoms with E-state index in [0.29, 0.717) is 21.3 Å². The number of hydrogen-bond donors (Lipinski definition) is 0. The Kier molecular flexibility index (Phi) is 5.91. The van der Waals surface area contributed by atoms with Crippen molar-refractivity contribution in [1.82, 2.24) is 4.90 Å². The Morgan fingerprint density at radius 1 is 1.17 bits per heavy atom. The van der Waals surface area contributed by atoms with E-state index >= 15 is 0 Å². The maximum Gasteiger partial charge on any atom is 0.223 e. The number of carbonyl (C=O) groups excluding carboxylic acids is 2. The summed E-state index contributed by atoms with van der Waals surface area (Å²) < 4.78 is 0.567. The number of carbonyl (C=O) groups is 2. The standard InChI is InChI=1S/C17H15ClN2O2S/c1-20(11-13-4-2-12(10-19)3-5-13)17(22)9-6-14(21)15-7-8-16(18)23-15/h2-5,7-8H,6,9,11H2,1H3. The minimum Gasteiger partial charge on any atom is -0.341 e. The number of Topliss-reactive ketones (excluding diaryl/α,β-unsaturated/α-hetero) is 1. The lowest BCUT2D eigenvalue weighted by Crippen LogP contribution is -2.26. The van der Waals surface area contributed by atoms with E-state index < -0.39 is 0 Å². The molecule has 0 aliphatic carbocycles. The van der Waals surface area contributed by atoms with Crippen LogP contribution in [0.25, 0.3) is 0 Å². The molecule has 1 heterocycles. The first-order valence-corrected chi connectivity index (χ1v) is 8.20. The Morgan fingerprint density at radius 2 is 1.87 bits per heavy atom. The van der Waals surface area contributed by atoms with E-state index in [0.717, 1.165) is 5.56 Å². The molecule has 23 heavy (non-hydrogen) atoms. The van der Waals surface area contributed by atoms with Crippen molar-refractivity contribution in [3.63, 3.8) is 0 Å². The number of amides is 1. The first-order valence-electron chi connectivity index (χ1n) is 7.01. The summed E-state index contributed by atoms with van der Waals surface area (Å²) in [7, 11) is 1.70. The van der Waals surface area contributed by atoms with Gasteiger partial charge in [0, 0.05) is 26.4 Å². The Labute approximate surface area is 143 Å². The SMILES string of the molecule is CN(Cc1ccc(C#N)cc1)C(=O)CCC(=O)c1ccc(Cl)s1. The highest BCUT2D eigenvalue weighted by atomic mass is 35.5. The van der Waals surface area contributed by atoms with Crippen molar-refractivity contribution in [1.29, 1.82) is 5.26 Å². The second kappa shape index (κ2) is 7.91. The summed E-state index contributed by atoms with van der Waals surface area (Å²) in [6.45, 7) is 0.448. The zero-order chi connectivity index (χ0) is 16.8. The van der Waals surface area contributed by atoms with Crippen LogP contribution < -0.4 is 0 Å². The zero-order valence-electron chi connectivity index (χ0n) is 12.6.